The highest BCUT2D eigenvalue weighted by molar-refractivity contribution is 7.11. The molecule has 1 amide bonds. The van der Waals surface area contributed by atoms with Crippen LogP contribution in [0.2, 0.25) is 0 Å². The van der Waals surface area contributed by atoms with E-state index in [0.717, 1.165) is 16.6 Å². The maximum absolute atomic E-state index is 13.2. The molecule has 5 rings (SSSR count). The van der Waals surface area contributed by atoms with Gasteiger partial charge < -0.3 is 14.6 Å². The van der Waals surface area contributed by atoms with Gasteiger partial charge in [0.1, 0.15) is 5.65 Å². The van der Waals surface area contributed by atoms with Crippen LogP contribution in [-0.2, 0) is 35.3 Å². The lowest BCUT2D eigenvalue weighted by atomic mass is 9.71. The Labute approximate surface area is 210 Å². The Morgan fingerprint density at radius 2 is 2.00 bits per heavy atom. The van der Waals surface area contributed by atoms with E-state index in [4.69, 9.17) is 0 Å². The van der Waals surface area contributed by atoms with Gasteiger partial charge in [0.15, 0.2) is 5.01 Å². The summed E-state index contributed by atoms with van der Waals surface area (Å²) in [7, 11) is 0. The molecular formula is C25H27F3N4O3S. The first-order valence-electron chi connectivity index (χ1n) is 12.0. The van der Waals surface area contributed by atoms with Crippen LogP contribution in [0.5, 0.6) is 0 Å². The van der Waals surface area contributed by atoms with Gasteiger partial charge >= 0.3 is 12.1 Å². The summed E-state index contributed by atoms with van der Waals surface area (Å²) in [4.78, 5) is 35.1. The van der Waals surface area contributed by atoms with Gasteiger partial charge in [0, 0.05) is 41.3 Å². The van der Waals surface area contributed by atoms with Crippen molar-refractivity contribution in [2.45, 2.75) is 64.7 Å². The Kier molecular flexibility index (Phi) is 6.30. The summed E-state index contributed by atoms with van der Waals surface area (Å²) in [5, 5.41) is 9.54. The van der Waals surface area contributed by atoms with Gasteiger partial charge in [0.05, 0.1) is 18.5 Å². The number of rotatable bonds is 5. The lowest BCUT2D eigenvalue weighted by molar-refractivity contribution is -0.150. The number of carbonyl (C=O) groups excluding carboxylic acids is 1. The highest BCUT2D eigenvalue weighted by Gasteiger charge is 2.39. The SMILES string of the molecule is C[C@]1(C(=O)O)CC[C@H](CC(=O)N2CCc3c(n(Cc4cnc(C(F)(F)F)s4)c4ncccc34)C2)CC1. The van der Waals surface area contributed by atoms with Crippen molar-refractivity contribution in [2.24, 2.45) is 11.3 Å². The summed E-state index contributed by atoms with van der Waals surface area (Å²) in [6.07, 6.45) is 2.03. The number of hydrogen-bond acceptors (Lipinski definition) is 5. The number of aromatic nitrogens is 3. The maximum Gasteiger partial charge on any atom is 0.443 e. The molecule has 1 fully saturated rings. The fourth-order valence-corrected chi connectivity index (χ4v) is 6.19. The van der Waals surface area contributed by atoms with Gasteiger partial charge in [-0.3, -0.25) is 9.59 Å². The van der Waals surface area contributed by atoms with E-state index >= 15 is 0 Å². The molecule has 192 valence electrons. The van der Waals surface area contributed by atoms with E-state index in [-0.39, 0.29) is 18.4 Å². The average molecular weight is 521 g/mol. The molecule has 0 atom stereocenters. The fraction of sp³-hybridized carbons (Fsp3) is 0.520. The molecule has 11 heteroatoms. The standard InChI is InChI=1S/C25H27F3N4O3S/c1-24(23(34)35)7-4-15(5-8-24)11-20(33)31-10-6-17-18-3-2-9-29-21(18)32(19(17)14-31)13-16-12-30-22(36-16)25(26,27)28/h2-3,9,12,15H,4-8,10-11,13-14H2,1H3,(H,34,35)/t15-,24-. The number of thiazole rings is 1. The quantitative estimate of drug-likeness (QED) is 0.505. The monoisotopic (exact) mass is 520 g/mol. The van der Waals surface area contributed by atoms with E-state index in [1.165, 1.54) is 6.20 Å². The third kappa shape index (κ3) is 4.60. The van der Waals surface area contributed by atoms with E-state index < -0.39 is 22.6 Å². The van der Waals surface area contributed by atoms with Crippen molar-refractivity contribution in [3.63, 3.8) is 0 Å². The van der Waals surface area contributed by atoms with Crippen molar-refractivity contribution >= 4 is 34.2 Å². The van der Waals surface area contributed by atoms with E-state index in [9.17, 15) is 27.9 Å². The molecule has 1 saturated carbocycles. The molecule has 0 aromatic carbocycles. The Morgan fingerprint density at radius 3 is 2.67 bits per heavy atom. The second kappa shape index (κ2) is 9.17. The number of pyridine rings is 1. The number of alkyl halides is 3. The zero-order chi connectivity index (χ0) is 25.7. The van der Waals surface area contributed by atoms with Crippen LogP contribution in [0.3, 0.4) is 0 Å². The van der Waals surface area contributed by atoms with Gasteiger partial charge in [-0.15, -0.1) is 11.3 Å². The van der Waals surface area contributed by atoms with Gasteiger partial charge in [-0.2, -0.15) is 13.2 Å². The van der Waals surface area contributed by atoms with E-state index in [2.05, 4.69) is 9.97 Å². The Hall–Kier alpha value is -2.95. The molecule has 7 nitrogen and oxygen atoms in total. The van der Waals surface area contributed by atoms with Crippen molar-refractivity contribution < 1.29 is 27.9 Å². The molecule has 1 N–H and O–H groups in total. The molecule has 4 heterocycles. The lowest BCUT2D eigenvalue weighted by Crippen LogP contribution is -2.39. The number of carbonyl (C=O) groups is 2. The van der Waals surface area contributed by atoms with Crippen LogP contribution in [0, 0.1) is 11.3 Å². The van der Waals surface area contributed by atoms with Gasteiger partial charge in [-0.1, -0.05) is 0 Å². The summed E-state index contributed by atoms with van der Waals surface area (Å²) in [6.45, 7) is 2.91. The number of nitrogens with zero attached hydrogens (tertiary/aromatic N) is 4. The van der Waals surface area contributed by atoms with Crippen LogP contribution in [0.1, 0.15) is 60.2 Å². The molecule has 0 unspecified atom stereocenters. The van der Waals surface area contributed by atoms with Crippen molar-refractivity contribution in [1.82, 2.24) is 19.4 Å². The Bertz CT molecular complexity index is 1310. The average Bonchev–Trinajstić information content (AvgIpc) is 3.44. The summed E-state index contributed by atoms with van der Waals surface area (Å²) in [5.41, 5.74) is 1.96. The second-order valence-corrected chi connectivity index (χ2v) is 11.2. The molecule has 0 bridgehead atoms. The highest BCUT2D eigenvalue weighted by Crippen LogP contribution is 2.41. The molecule has 0 radical (unpaired) electrons. The molecule has 2 aliphatic rings. The van der Waals surface area contributed by atoms with Crippen LogP contribution in [0.4, 0.5) is 13.2 Å². The minimum absolute atomic E-state index is 0.0338. The predicted octanol–water partition coefficient (Wildman–Crippen LogP) is 5.12. The fourth-order valence-electron chi connectivity index (χ4n) is 5.42. The molecule has 36 heavy (non-hydrogen) atoms. The first-order chi connectivity index (χ1) is 17.0. The van der Waals surface area contributed by atoms with Crippen molar-refractivity contribution in [3.8, 4) is 0 Å². The van der Waals surface area contributed by atoms with Gasteiger partial charge in [0.2, 0.25) is 5.91 Å². The smallest absolute Gasteiger partial charge is 0.443 e. The van der Waals surface area contributed by atoms with Crippen LogP contribution in [0.25, 0.3) is 11.0 Å². The maximum atomic E-state index is 13.2. The van der Waals surface area contributed by atoms with Crippen molar-refractivity contribution in [1.29, 1.82) is 0 Å². The van der Waals surface area contributed by atoms with Crippen LogP contribution in [0.15, 0.2) is 24.5 Å². The number of carboxylic acids is 1. The Balaban J connectivity index is 1.35. The number of carboxylic acid groups (broad SMARTS) is 1. The van der Waals surface area contributed by atoms with Crippen molar-refractivity contribution in [3.05, 3.63) is 45.7 Å². The van der Waals surface area contributed by atoms with Crippen LogP contribution >= 0.6 is 11.3 Å². The molecule has 1 aliphatic heterocycles. The van der Waals surface area contributed by atoms with E-state index in [1.807, 2.05) is 21.6 Å². The minimum atomic E-state index is -4.48. The zero-order valence-corrected chi connectivity index (χ0v) is 20.7. The minimum Gasteiger partial charge on any atom is -0.481 e. The number of amides is 1. The van der Waals surface area contributed by atoms with Gasteiger partial charge in [0.25, 0.3) is 0 Å². The Morgan fingerprint density at radius 1 is 1.25 bits per heavy atom. The summed E-state index contributed by atoms with van der Waals surface area (Å²) >= 11 is 0.622. The number of fused-ring (bicyclic) bond motifs is 3. The van der Waals surface area contributed by atoms with Crippen LogP contribution in [-0.4, -0.2) is 43.0 Å². The largest absolute Gasteiger partial charge is 0.481 e. The third-order valence-corrected chi connectivity index (χ3v) is 8.69. The summed E-state index contributed by atoms with van der Waals surface area (Å²) in [6, 6.07) is 3.80. The first-order valence-corrected chi connectivity index (χ1v) is 12.8. The zero-order valence-electron chi connectivity index (χ0n) is 19.8. The van der Waals surface area contributed by atoms with Gasteiger partial charge in [-0.25, -0.2) is 9.97 Å². The van der Waals surface area contributed by atoms with Gasteiger partial charge in [-0.05, 0) is 62.6 Å². The topological polar surface area (TPSA) is 88.3 Å². The van der Waals surface area contributed by atoms with Crippen LogP contribution < -0.4 is 0 Å². The van der Waals surface area contributed by atoms with E-state index in [0.29, 0.717) is 73.5 Å². The summed E-state index contributed by atoms with van der Waals surface area (Å²) < 4.78 is 41.1. The number of aliphatic carboxylic acids is 1. The molecular weight excluding hydrogens is 493 g/mol. The molecule has 1 aliphatic carbocycles. The van der Waals surface area contributed by atoms with Crippen molar-refractivity contribution in [2.75, 3.05) is 6.54 Å². The normalized spacial score (nSPS) is 22.6. The molecule has 3 aromatic heterocycles. The highest BCUT2D eigenvalue weighted by atomic mass is 32.1. The third-order valence-electron chi connectivity index (χ3n) is 7.67. The molecule has 3 aromatic rings. The molecule has 0 saturated heterocycles. The number of hydrogen-bond donors (Lipinski definition) is 1. The first kappa shape index (κ1) is 24.7. The second-order valence-electron chi connectivity index (χ2n) is 10.1. The van der Waals surface area contributed by atoms with E-state index in [1.54, 1.807) is 13.1 Å². The lowest BCUT2D eigenvalue weighted by Gasteiger charge is -2.35. The predicted molar refractivity (Wildman–Crippen MR) is 127 cm³/mol. The summed E-state index contributed by atoms with van der Waals surface area (Å²) in [5.74, 6) is -0.580. The number of halogens is 3. The molecule has 0 spiro atoms.